The van der Waals surface area contributed by atoms with E-state index in [2.05, 4.69) is 28.2 Å². The first-order chi connectivity index (χ1) is 7.14. The lowest BCUT2D eigenvalue weighted by Gasteiger charge is -2.30. The number of benzene rings is 1. The van der Waals surface area contributed by atoms with Gasteiger partial charge >= 0.3 is 0 Å². The van der Waals surface area contributed by atoms with E-state index in [1.54, 1.807) is 0 Å². The molecule has 84 valence electrons. The molecule has 0 aliphatic rings. The minimum absolute atomic E-state index is 0.0929. The summed E-state index contributed by atoms with van der Waals surface area (Å²) in [6.45, 7) is 5.13. The minimum Gasteiger partial charge on any atom is -0.394 e. The monoisotopic (exact) mass is 271 g/mol. The number of aliphatic hydroxyl groups excluding tert-OH is 1. The maximum absolute atomic E-state index is 9.51. The highest BCUT2D eigenvalue weighted by atomic mass is 79.9. The molecule has 0 aromatic heterocycles. The van der Waals surface area contributed by atoms with Crippen LogP contribution in [0.3, 0.4) is 0 Å². The molecule has 1 aromatic rings. The van der Waals surface area contributed by atoms with Crippen LogP contribution in [0.1, 0.15) is 25.8 Å². The number of hydrogen-bond acceptors (Lipinski definition) is 2. The lowest BCUT2D eigenvalue weighted by Crippen LogP contribution is -2.43. The van der Waals surface area contributed by atoms with Crippen molar-refractivity contribution in [1.29, 1.82) is 0 Å². The SMILES string of the molecule is CCCNC(C)(CO)c1ccccc1Br. The summed E-state index contributed by atoms with van der Waals surface area (Å²) in [5, 5.41) is 12.9. The molecule has 0 spiro atoms. The zero-order chi connectivity index (χ0) is 11.3. The number of rotatable bonds is 5. The third-order valence-electron chi connectivity index (χ3n) is 2.55. The molecule has 0 saturated heterocycles. The highest BCUT2D eigenvalue weighted by Crippen LogP contribution is 2.27. The van der Waals surface area contributed by atoms with Crippen LogP contribution in [0.4, 0.5) is 0 Å². The molecule has 0 heterocycles. The Kier molecular flexibility index (Phi) is 4.77. The summed E-state index contributed by atoms with van der Waals surface area (Å²) in [5.74, 6) is 0. The van der Waals surface area contributed by atoms with E-state index in [4.69, 9.17) is 0 Å². The molecule has 0 radical (unpaired) electrons. The van der Waals surface area contributed by atoms with Crippen molar-refractivity contribution in [2.75, 3.05) is 13.2 Å². The summed E-state index contributed by atoms with van der Waals surface area (Å²) in [6, 6.07) is 7.99. The van der Waals surface area contributed by atoms with E-state index in [9.17, 15) is 5.11 Å². The Morgan fingerprint density at radius 1 is 1.40 bits per heavy atom. The average Bonchev–Trinajstić information content (AvgIpc) is 2.26. The molecule has 1 aromatic carbocycles. The van der Waals surface area contributed by atoms with Gasteiger partial charge in [-0.25, -0.2) is 0 Å². The molecule has 2 N–H and O–H groups in total. The van der Waals surface area contributed by atoms with Crippen LogP contribution >= 0.6 is 15.9 Å². The van der Waals surface area contributed by atoms with Gasteiger partial charge in [-0.3, -0.25) is 0 Å². The third kappa shape index (κ3) is 3.03. The summed E-state index contributed by atoms with van der Waals surface area (Å²) in [6.07, 6.45) is 1.06. The fraction of sp³-hybridized carbons (Fsp3) is 0.500. The first kappa shape index (κ1) is 12.7. The fourth-order valence-corrected chi connectivity index (χ4v) is 2.27. The molecular weight excluding hydrogens is 254 g/mol. The van der Waals surface area contributed by atoms with E-state index in [1.165, 1.54) is 0 Å². The standard InChI is InChI=1S/C12H18BrNO/c1-3-8-14-12(2,9-15)10-6-4-5-7-11(10)13/h4-7,14-15H,3,8-9H2,1-2H3. The molecule has 15 heavy (non-hydrogen) atoms. The summed E-state index contributed by atoms with van der Waals surface area (Å²) in [5.41, 5.74) is 0.733. The van der Waals surface area contributed by atoms with Gasteiger partial charge in [-0.05, 0) is 31.5 Å². The van der Waals surface area contributed by atoms with Crippen molar-refractivity contribution in [2.24, 2.45) is 0 Å². The zero-order valence-corrected chi connectivity index (χ0v) is 10.8. The van der Waals surface area contributed by atoms with Gasteiger partial charge in [0.2, 0.25) is 0 Å². The van der Waals surface area contributed by atoms with Gasteiger partial charge in [0.25, 0.3) is 0 Å². The average molecular weight is 272 g/mol. The maximum atomic E-state index is 9.51. The van der Waals surface area contributed by atoms with Gasteiger partial charge in [-0.1, -0.05) is 41.1 Å². The van der Waals surface area contributed by atoms with Crippen molar-refractivity contribution in [2.45, 2.75) is 25.8 Å². The van der Waals surface area contributed by atoms with E-state index in [0.29, 0.717) is 0 Å². The Bertz CT molecular complexity index is 316. The van der Waals surface area contributed by atoms with Gasteiger partial charge in [-0.15, -0.1) is 0 Å². The van der Waals surface area contributed by atoms with Crippen molar-refractivity contribution < 1.29 is 5.11 Å². The van der Waals surface area contributed by atoms with Gasteiger partial charge in [0, 0.05) is 4.47 Å². The van der Waals surface area contributed by atoms with Crippen LogP contribution in [-0.4, -0.2) is 18.3 Å². The molecule has 0 fully saturated rings. The Hall–Kier alpha value is -0.380. The third-order valence-corrected chi connectivity index (χ3v) is 3.24. The van der Waals surface area contributed by atoms with Gasteiger partial charge in [0.05, 0.1) is 12.1 Å². The lowest BCUT2D eigenvalue weighted by atomic mass is 9.93. The van der Waals surface area contributed by atoms with Crippen LogP contribution in [0.15, 0.2) is 28.7 Å². The van der Waals surface area contributed by atoms with Crippen LogP contribution < -0.4 is 5.32 Å². The summed E-state index contributed by atoms with van der Waals surface area (Å²) < 4.78 is 1.03. The second kappa shape index (κ2) is 5.64. The van der Waals surface area contributed by atoms with E-state index in [0.717, 1.165) is 23.0 Å². The minimum atomic E-state index is -0.365. The molecule has 1 rings (SSSR count). The van der Waals surface area contributed by atoms with Crippen LogP contribution in [0.2, 0.25) is 0 Å². The molecular formula is C12H18BrNO. The smallest absolute Gasteiger partial charge is 0.0652 e. The predicted octanol–water partition coefficient (Wildman–Crippen LogP) is 2.66. The highest BCUT2D eigenvalue weighted by Gasteiger charge is 2.26. The normalized spacial score (nSPS) is 14.9. The first-order valence-corrected chi connectivity index (χ1v) is 6.04. The zero-order valence-electron chi connectivity index (χ0n) is 9.26. The van der Waals surface area contributed by atoms with Crippen molar-refractivity contribution in [1.82, 2.24) is 5.32 Å². The van der Waals surface area contributed by atoms with E-state index < -0.39 is 0 Å². The van der Waals surface area contributed by atoms with Crippen LogP contribution in [0.5, 0.6) is 0 Å². The highest BCUT2D eigenvalue weighted by molar-refractivity contribution is 9.10. The van der Waals surface area contributed by atoms with Gasteiger partial charge in [-0.2, -0.15) is 0 Å². The predicted molar refractivity (Wildman–Crippen MR) is 66.9 cm³/mol. The lowest BCUT2D eigenvalue weighted by molar-refractivity contribution is 0.175. The van der Waals surface area contributed by atoms with Crippen LogP contribution in [0, 0.1) is 0 Å². The van der Waals surface area contributed by atoms with Gasteiger partial charge < -0.3 is 10.4 Å². The quantitative estimate of drug-likeness (QED) is 0.863. The number of halogens is 1. The van der Waals surface area contributed by atoms with Crippen LogP contribution in [-0.2, 0) is 5.54 Å². The Morgan fingerprint density at radius 3 is 2.60 bits per heavy atom. The first-order valence-electron chi connectivity index (χ1n) is 5.25. The second-order valence-electron chi connectivity index (χ2n) is 3.90. The van der Waals surface area contributed by atoms with Crippen molar-refractivity contribution >= 4 is 15.9 Å². The fourth-order valence-electron chi connectivity index (χ4n) is 1.55. The molecule has 1 unspecified atom stereocenters. The molecule has 0 amide bonds. The number of nitrogens with one attached hydrogen (secondary N) is 1. The van der Waals surface area contributed by atoms with E-state index >= 15 is 0 Å². The topological polar surface area (TPSA) is 32.3 Å². The molecule has 0 bridgehead atoms. The molecule has 0 aliphatic heterocycles. The molecule has 3 heteroatoms. The molecule has 0 aliphatic carbocycles. The van der Waals surface area contributed by atoms with Gasteiger partial charge in [0.1, 0.15) is 0 Å². The van der Waals surface area contributed by atoms with E-state index in [-0.39, 0.29) is 12.1 Å². The van der Waals surface area contributed by atoms with Gasteiger partial charge in [0.15, 0.2) is 0 Å². The van der Waals surface area contributed by atoms with Crippen molar-refractivity contribution in [3.63, 3.8) is 0 Å². The largest absolute Gasteiger partial charge is 0.394 e. The second-order valence-corrected chi connectivity index (χ2v) is 4.75. The van der Waals surface area contributed by atoms with Crippen LogP contribution in [0.25, 0.3) is 0 Å². The Morgan fingerprint density at radius 2 is 2.07 bits per heavy atom. The molecule has 1 atom stereocenters. The summed E-state index contributed by atoms with van der Waals surface area (Å²) in [7, 11) is 0. The molecule has 2 nitrogen and oxygen atoms in total. The summed E-state index contributed by atoms with van der Waals surface area (Å²) in [4.78, 5) is 0. The van der Waals surface area contributed by atoms with Crippen molar-refractivity contribution in [3.05, 3.63) is 34.3 Å². The Balaban J connectivity index is 2.95. The number of hydrogen-bond donors (Lipinski definition) is 2. The number of aliphatic hydroxyl groups is 1. The summed E-state index contributed by atoms with van der Waals surface area (Å²) >= 11 is 3.51. The molecule has 0 saturated carbocycles. The maximum Gasteiger partial charge on any atom is 0.0652 e. The van der Waals surface area contributed by atoms with E-state index in [1.807, 2.05) is 31.2 Å². The van der Waals surface area contributed by atoms with Crippen molar-refractivity contribution in [3.8, 4) is 0 Å². The Labute approximate surface area is 99.8 Å².